The van der Waals surface area contributed by atoms with E-state index in [9.17, 15) is 4.39 Å². The average Bonchev–Trinajstić information content (AvgIpc) is 2.36. The second-order valence-corrected chi connectivity index (χ2v) is 5.45. The number of benzene rings is 1. The van der Waals surface area contributed by atoms with Gasteiger partial charge in [0.1, 0.15) is 5.82 Å². The van der Waals surface area contributed by atoms with Crippen LogP contribution in [0.15, 0.2) is 34.4 Å². The molecule has 1 aromatic rings. The molecular weight excluding hydrogens is 249 g/mol. The molecule has 0 aromatic heterocycles. The Morgan fingerprint density at radius 3 is 2.61 bits per heavy atom. The van der Waals surface area contributed by atoms with Gasteiger partial charge >= 0.3 is 0 Å². The first-order chi connectivity index (χ1) is 8.81. The molecule has 0 atom stereocenters. The van der Waals surface area contributed by atoms with E-state index in [0.717, 1.165) is 22.2 Å². The van der Waals surface area contributed by atoms with Crippen molar-refractivity contribution in [2.75, 3.05) is 5.75 Å². The van der Waals surface area contributed by atoms with Crippen molar-refractivity contribution in [1.29, 1.82) is 0 Å². The Balaban J connectivity index is 1.69. The molecule has 5 heteroatoms. The highest BCUT2D eigenvalue weighted by atomic mass is 32.2. The summed E-state index contributed by atoms with van der Waals surface area (Å²) in [6.07, 6.45) is 3.68. The molecular formula is C13H14FN3S. The van der Waals surface area contributed by atoms with Crippen LogP contribution in [0, 0.1) is 5.82 Å². The van der Waals surface area contributed by atoms with Gasteiger partial charge in [0, 0.05) is 5.75 Å². The normalized spacial score (nSPS) is 22.3. The van der Waals surface area contributed by atoms with Crippen molar-refractivity contribution in [3.05, 3.63) is 35.6 Å². The Kier molecular flexibility index (Phi) is 3.32. The van der Waals surface area contributed by atoms with Gasteiger partial charge in [-0.1, -0.05) is 23.9 Å². The van der Waals surface area contributed by atoms with Gasteiger partial charge in [-0.3, -0.25) is 10.4 Å². The lowest BCUT2D eigenvalue weighted by atomic mass is 9.94. The van der Waals surface area contributed by atoms with Crippen molar-refractivity contribution >= 4 is 22.6 Å². The van der Waals surface area contributed by atoms with Crippen molar-refractivity contribution in [3.63, 3.8) is 0 Å². The van der Waals surface area contributed by atoms with Crippen molar-refractivity contribution < 1.29 is 4.39 Å². The van der Waals surface area contributed by atoms with Gasteiger partial charge < -0.3 is 0 Å². The summed E-state index contributed by atoms with van der Waals surface area (Å²) in [5.41, 5.74) is 4.88. The fourth-order valence-electron chi connectivity index (χ4n) is 1.85. The van der Waals surface area contributed by atoms with Crippen molar-refractivity contribution in [2.24, 2.45) is 10.1 Å². The first kappa shape index (κ1) is 11.7. The zero-order chi connectivity index (χ0) is 12.4. The summed E-state index contributed by atoms with van der Waals surface area (Å²) >= 11 is 1.66. The summed E-state index contributed by atoms with van der Waals surface area (Å²) in [6.45, 7) is 0. The highest BCUT2D eigenvalue weighted by Crippen LogP contribution is 2.24. The molecule has 0 unspecified atom stereocenters. The highest BCUT2D eigenvalue weighted by molar-refractivity contribution is 8.14. The highest BCUT2D eigenvalue weighted by Gasteiger charge is 2.19. The van der Waals surface area contributed by atoms with Crippen LogP contribution in [0.25, 0.3) is 0 Å². The van der Waals surface area contributed by atoms with Crippen molar-refractivity contribution in [1.82, 2.24) is 5.43 Å². The Morgan fingerprint density at radius 2 is 2.06 bits per heavy atom. The summed E-state index contributed by atoms with van der Waals surface area (Å²) in [6, 6.07) is 6.92. The minimum atomic E-state index is -0.219. The SMILES string of the molecule is Fc1ccc(C2=NNC(=NC3CCC3)SC2)cc1. The Labute approximate surface area is 110 Å². The number of hydrazone groups is 1. The maximum absolute atomic E-state index is 12.8. The van der Waals surface area contributed by atoms with E-state index >= 15 is 0 Å². The molecule has 0 bridgehead atoms. The maximum Gasteiger partial charge on any atom is 0.177 e. The van der Waals surface area contributed by atoms with E-state index in [1.54, 1.807) is 23.9 Å². The molecule has 1 fully saturated rings. The lowest BCUT2D eigenvalue weighted by Crippen LogP contribution is -2.28. The zero-order valence-electron chi connectivity index (χ0n) is 9.90. The van der Waals surface area contributed by atoms with Crippen LogP contribution in [0.2, 0.25) is 0 Å². The van der Waals surface area contributed by atoms with E-state index in [1.807, 2.05) is 0 Å². The Bertz CT molecular complexity index is 491. The number of nitrogens with zero attached hydrogens (tertiary/aromatic N) is 2. The fraction of sp³-hybridized carbons (Fsp3) is 0.385. The van der Waals surface area contributed by atoms with E-state index in [0.29, 0.717) is 6.04 Å². The van der Waals surface area contributed by atoms with Crippen LogP contribution < -0.4 is 5.43 Å². The number of aliphatic imine (C=N–C) groups is 1. The molecule has 2 aliphatic rings. The quantitative estimate of drug-likeness (QED) is 0.890. The van der Waals surface area contributed by atoms with Gasteiger partial charge in [0.2, 0.25) is 0 Å². The molecule has 0 spiro atoms. The smallest absolute Gasteiger partial charge is 0.177 e. The van der Waals surface area contributed by atoms with Gasteiger partial charge in [-0.15, -0.1) is 0 Å². The molecule has 0 amide bonds. The summed E-state index contributed by atoms with van der Waals surface area (Å²) in [4.78, 5) is 4.58. The van der Waals surface area contributed by atoms with Gasteiger partial charge in [0.25, 0.3) is 0 Å². The number of rotatable bonds is 2. The lowest BCUT2D eigenvalue weighted by Gasteiger charge is -2.23. The molecule has 1 aliphatic carbocycles. The first-order valence-corrected chi connectivity index (χ1v) is 7.09. The number of amidine groups is 1. The second kappa shape index (κ2) is 5.10. The minimum Gasteiger partial charge on any atom is -0.258 e. The third-order valence-electron chi connectivity index (χ3n) is 3.18. The van der Waals surface area contributed by atoms with Crippen LogP contribution in [0.1, 0.15) is 24.8 Å². The Hall–Kier alpha value is -1.36. The topological polar surface area (TPSA) is 36.8 Å². The molecule has 94 valence electrons. The molecule has 3 rings (SSSR count). The van der Waals surface area contributed by atoms with Crippen LogP contribution in [0.5, 0.6) is 0 Å². The number of nitrogens with one attached hydrogen (secondary N) is 1. The monoisotopic (exact) mass is 263 g/mol. The third kappa shape index (κ3) is 2.56. The predicted octanol–water partition coefficient (Wildman–Crippen LogP) is 2.77. The largest absolute Gasteiger partial charge is 0.258 e. The van der Waals surface area contributed by atoms with Gasteiger partial charge in [-0.05, 0) is 37.0 Å². The summed E-state index contributed by atoms with van der Waals surface area (Å²) in [5, 5.41) is 5.22. The van der Waals surface area contributed by atoms with E-state index in [-0.39, 0.29) is 5.82 Å². The molecule has 3 nitrogen and oxygen atoms in total. The molecule has 1 saturated carbocycles. The summed E-state index contributed by atoms with van der Waals surface area (Å²) in [5.74, 6) is 0.562. The summed E-state index contributed by atoms with van der Waals surface area (Å²) in [7, 11) is 0. The molecule has 0 radical (unpaired) electrons. The molecule has 18 heavy (non-hydrogen) atoms. The molecule has 1 aliphatic heterocycles. The number of hydrogen-bond donors (Lipinski definition) is 1. The van der Waals surface area contributed by atoms with Crippen molar-refractivity contribution in [2.45, 2.75) is 25.3 Å². The number of hydrogen-bond acceptors (Lipinski definition) is 3. The van der Waals surface area contributed by atoms with Crippen LogP contribution in [-0.2, 0) is 0 Å². The fourth-order valence-corrected chi connectivity index (χ4v) is 2.69. The second-order valence-electron chi connectivity index (χ2n) is 4.48. The van der Waals surface area contributed by atoms with Gasteiger partial charge in [0.15, 0.2) is 5.17 Å². The van der Waals surface area contributed by atoms with Crippen LogP contribution in [0.3, 0.4) is 0 Å². The molecule has 1 heterocycles. The zero-order valence-corrected chi connectivity index (χ0v) is 10.7. The van der Waals surface area contributed by atoms with Gasteiger partial charge in [-0.25, -0.2) is 4.39 Å². The van der Waals surface area contributed by atoms with E-state index in [4.69, 9.17) is 0 Å². The predicted molar refractivity (Wildman–Crippen MR) is 73.6 cm³/mol. The maximum atomic E-state index is 12.8. The molecule has 0 saturated heterocycles. The van der Waals surface area contributed by atoms with Crippen molar-refractivity contribution in [3.8, 4) is 0 Å². The number of thioether (sulfide) groups is 1. The van der Waals surface area contributed by atoms with Gasteiger partial charge in [0.05, 0.1) is 11.8 Å². The number of halogens is 1. The first-order valence-electron chi connectivity index (χ1n) is 6.10. The average molecular weight is 263 g/mol. The van der Waals surface area contributed by atoms with Gasteiger partial charge in [-0.2, -0.15) is 5.10 Å². The van der Waals surface area contributed by atoms with Crippen LogP contribution in [0.4, 0.5) is 4.39 Å². The van der Waals surface area contributed by atoms with Crippen LogP contribution in [-0.4, -0.2) is 22.7 Å². The van der Waals surface area contributed by atoms with E-state index in [1.165, 1.54) is 31.4 Å². The van der Waals surface area contributed by atoms with Crippen LogP contribution >= 0.6 is 11.8 Å². The molecule has 1 aromatic carbocycles. The van der Waals surface area contributed by atoms with E-state index < -0.39 is 0 Å². The Morgan fingerprint density at radius 1 is 1.28 bits per heavy atom. The third-order valence-corrected chi connectivity index (χ3v) is 4.07. The standard InChI is InChI=1S/C13H14FN3S/c14-10-6-4-9(5-7-10)12-8-18-13(17-16-12)15-11-2-1-3-11/h4-7,11H,1-3,8H2,(H,15,17). The summed E-state index contributed by atoms with van der Waals surface area (Å²) < 4.78 is 12.8. The molecule has 1 N–H and O–H groups in total. The minimum absolute atomic E-state index is 0.219. The lowest BCUT2D eigenvalue weighted by molar-refractivity contribution is 0.420. The van der Waals surface area contributed by atoms with E-state index in [2.05, 4.69) is 15.5 Å².